The van der Waals surface area contributed by atoms with Crippen molar-refractivity contribution < 1.29 is 9.47 Å². The highest BCUT2D eigenvalue weighted by atomic mass is 16.5. The molecule has 0 unspecified atom stereocenters. The lowest BCUT2D eigenvalue weighted by Crippen LogP contribution is -1.94. The first kappa shape index (κ1) is 8.94. The summed E-state index contributed by atoms with van der Waals surface area (Å²) in [5, 5.41) is 1.08. The minimum atomic E-state index is 0.758. The van der Waals surface area contributed by atoms with Crippen LogP contribution in [0.1, 0.15) is 0 Å². The number of nitrogens with zero attached hydrogens (tertiary/aromatic N) is 1. The molecule has 3 nitrogen and oxygen atoms in total. The zero-order chi connectivity index (χ0) is 10.1. The molecular formula is C11H13NO2. The average molecular weight is 191 g/mol. The van der Waals surface area contributed by atoms with E-state index in [2.05, 4.69) is 0 Å². The highest BCUT2D eigenvalue weighted by molar-refractivity contribution is 5.90. The molecule has 0 saturated heterocycles. The van der Waals surface area contributed by atoms with Gasteiger partial charge in [-0.15, -0.1) is 0 Å². The third-order valence-corrected chi connectivity index (χ3v) is 2.41. The van der Waals surface area contributed by atoms with Crippen LogP contribution in [0.5, 0.6) is 11.6 Å². The van der Waals surface area contributed by atoms with Gasteiger partial charge < -0.3 is 14.0 Å². The van der Waals surface area contributed by atoms with E-state index in [0.717, 1.165) is 22.5 Å². The Hall–Kier alpha value is -1.64. The fraction of sp³-hybridized carbons (Fsp3) is 0.273. The highest BCUT2D eigenvalue weighted by Gasteiger charge is 2.15. The van der Waals surface area contributed by atoms with Crippen molar-refractivity contribution in [3.63, 3.8) is 0 Å². The molecule has 0 amide bonds. The van der Waals surface area contributed by atoms with Crippen LogP contribution in [0.15, 0.2) is 24.3 Å². The van der Waals surface area contributed by atoms with Crippen LogP contribution in [0.2, 0.25) is 0 Å². The van der Waals surface area contributed by atoms with Crippen LogP contribution >= 0.6 is 0 Å². The third kappa shape index (κ3) is 1.05. The van der Waals surface area contributed by atoms with Crippen molar-refractivity contribution in [1.29, 1.82) is 0 Å². The fourth-order valence-electron chi connectivity index (χ4n) is 1.76. The normalized spacial score (nSPS) is 10.5. The number of hydrogen-bond acceptors (Lipinski definition) is 2. The van der Waals surface area contributed by atoms with Gasteiger partial charge in [0, 0.05) is 12.4 Å². The van der Waals surface area contributed by atoms with E-state index < -0.39 is 0 Å². The molecule has 74 valence electrons. The van der Waals surface area contributed by atoms with Gasteiger partial charge in [-0.3, -0.25) is 0 Å². The predicted molar refractivity (Wildman–Crippen MR) is 56.0 cm³/mol. The maximum absolute atomic E-state index is 5.32. The van der Waals surface area contributed by atoms with Gasteiger partial charge >= 0.3 is 0 Å². The minimum Gasteiger partial charge on any atom is -0.491 e. The van der Waals surface area contributed by atoms with Crippen molar-refractivity contribution in [2.75, 3.05) is 14.2 Å². The predicted octanol–water partition coefficient (Wildman–Crippen LogP) is 2.20. The maximum atomic E-state index is 5.32. The van der Waals surface area contributed by atoms with Crippen molar-refractivity contribution in [1.82, 2.24) is 4.57 Å². The number of aromatic nitrogens is 1. The van der Waals surface area contributed by atoms with Gasteiger partial charge in [0.05, 0.1) is 19.7 Å². The van der Waals surface area contributed by atoms with E-state index in [0.29, 0.717) is 0 Å². The number of methoxy groups -OCH3 is 2. The molecule has 0 atom stereocenters. The number of benzene rings is 1. The molecule has 0 spiro atoms. The molecule has 2 aromatic rings. The van der Waals surface area contributed by atoms with Crippen LogP contribution in [-0.2, 0) is 7.05 Å². The fourth-order valence-corrected chi connectivity index (χ4v) is 1.76. The van der Waals surface area contributed by atoms with E-state index in [4.69, 9.17) is 9.47 Å². The zero-order valence-corrected chi connectivity index (χ0v) is 8.57. The Bertz CT molecular complexity index is 460. The Morgan fingerprint density at radius 2 is 1.79 bits per heavy atom. The second-order valence-electron chi connectivity index (χ2n) is 3.12. The summed E-state index contributed by atoms with van der Waals surface area (Å²) in [4.78, 5) is 0. The monoisotopic (exact) mass is 191 g/mol. The Morgan fingerprint density at radius 1 is 1.07 bits per heavy atom. The number of para-hydroxylation sites is 1. The number of hydrogen-bond donors (Lipinski definition) is 0. The number of aryl methyl sites for hydroxylation is 1. The topological polar surface area (TPSA) is 23.4 Å². The largest absolute Gasteiger partial charge is 0.491 e. The molecule has 0 aliphatic heterocycles. The van der Waals surface area contributed by atoms with Crippen LogP contribution in [-0.4, -0.2) is 18.8 Å². The molecule has 0 aliphatic carbocycles. The van der Waals surface area contributed by atoms with Crippen LogP contribution in [0.3, 0.4) is 0 Å². The Morgan fingerprint density at radius 3 is 2.43 bits per heavy atom. The van der Waals surface area contributed by atoms with E-state index in [1.54, 1.807) is 14.2 Å². The first-order valence-corrected chi connectivity index (χ1v) is 4.45. The molecule has 14 heavy (non-hydrogen) atoms. The lowest BCUT2D eigenvalue weighted by Gasteiger charge is -2.03. The number of rotatable bonds is 2. The summed E-state index contributed by atoms with van der Waals surface area (Å²) in [6, 6.07) is 8.06. The molecule has 0 saturated carbocycles. The molecule has 2 rings (SSSR count). The molecule has 1 aromatic heterocycles. The lowest BCUT2D eigenvalue weighted by molar-refractivity contribution is 0.339. The third-order valence-electron chi connectivity index (χ3n) is 2.41. The first-order chi connectivity index (χ1) is 6.79. The molecule has 0 aliphatic rings. The summed E-state index contributed by atoms with van der Waals surface area (Å²) in [5.41, 5.74) is 1.11. The summed E-state index contributed by atoms with van der Waals surface area (Å²) in [6.45, 7) is 0. The van der Waals surface area contributed by atoms with E-state index in [1.807, 2.05) is 35.9 Å². The molecular weight excluding hydrogens is 178 g/mol. The van der Waals surface area contributed by atoms with Crippen LogP contribution in [0.25, 0.3) is 10.9 Å². The molecule has 0 bridgehead atoms. The first-order valence-electron chi connectivity index (χ1n) is 4.45. The van der Waals surface area contributed by atoms with Gasteiger partial charge in [-0.1, -0.05) is 12.1 Å². The van der Waals surface area contributed by atoms with Crippen molar-refractivity contribution in [2.24, 2.45) is 7.05 Å². The molecule has 0 fully saturated rings. The van der Waals surface area contributed by atoms with Crippen LogP contribution in [0.4, 0.5) is 0 Å². The summed E-state index contributed by atoms with van der Waals surface area (Å²) in [6.07, 6.45) is 0. The van der Waals surface area contributed by atoms with Crippen molar-refractivity contribution in [3.8, 4) is 11.6 Å². The SMILES string of the molecule is COc1c(OC)n(C)c2ccccc12. The van der Waals surface area contributed by atoms with Crippen molar-refractivity contribution >= 4 is 10.9 Å². The van der Waals surface area contributed by atoms with Crippen LogP contribution in [0, 0.1) is 0 Å². The number of fused-ring (bicyclic) bond motifs is 1. The van der Waals surface area contributed by atoms with Gasteiger partial charge in [-0.2, -0.15) is 0 Å². The summed E-state index contributed by atoms with van der Waals surface area (Å²) >= 11 is 0. The van der Waals surface area contributed by atoms with E-state index >= 15 is 0 Å². The van der Waals surface area contributed by atoms with Crippen LogP contribution < -0.4 is 9.47 Å². The smallest absolute Gasteiger partial charge is 0.237 e. The minimum absolute atomic E-state index is 0.758. The van der Waals surface area contributed by atoms with Crippen molar-refractivity contribution in [3.05, 3.63) is 24.3 Å². The molecule has 1 aromatic carbocycles. The van der Waals surface area contributed by atoms with Gasteiger partial charge in [-0.25, -0.2) is 0 Å². The van der Waals surface area contributed by atoms with Gasteiger partial charge in [0.2, 0.25) is 5.88 Å². The van der Waals surface area contributed by atoms with E-state index in [1.165, 1.54) is 0 Å². The molecule has 1 heterocycles. The van der Waals surface area contributed by atoms with E-state index in [-0.39, 0.29) is 0 Å². The molecule has 0 N–H and O–H groups in total. The zero-order valence-electron chi connectivity index (χ0n) is 8.57. The Balaban J connectivity index is 2.84. The van der Waals surface area contributed by atoms with Gasteiger partial charge in [-0.05, 0) is 12.1 Å². The molecule has 0 radical (unpaired) electrons. The maximum Gasteiger partial charge on any atom is 0.237 e. The summed E-state index contributed by atoms with van der Waals surface area (Å²) in [7, 11) is 5.27. The standard InChI is InChI=1S/C11H13NO2/c1-12-9-7-5-4-6-8(9)10(13-2)11(12)14-3/h4-7H,1-3H3. The second kappa shape index (κ2) is 3.25. The lowest BCUT2D eigenvalue weighted by atomic mass is 10.2. The quantitative estimate of drug-likeness (QED) is 0.726. The van der Waals surface area contributed by atoms with Crippen molar-refractivity contribution in [2.45, 2.75) is 0 Å². The summed E-state index contributed by atoms with van der Waals surface area (Å²) in [5.74, 6) is 1.55. The van der Waals surface area contributed by atoms with E-state index in [9.17, 15) is 0 Å². The van der Waals surface area contributed by atoms with Gasteiger partial charge in [0.25, 0.3) is 0 Å². The Kier molecular flexibility index (Phi) is 2.08. The Labute approximate surface area is 82.9 Å². The average Bonchev–Trinajstić information content (AvgIpc) is 2.51. The second-order valence-corrected chi connectivity index (χ2v) is 3.12. The highest BCUT2D eigenvalue weighted by Crippen LogP contribution is 2.37. The number of ether oxygens (including phenoxy) is 2. The van der Waals surface area contributed by atoms with Gasteiger partial charge in [0.1, 0.15) is 0 Å². The summed E-state index contributed by atoms with van der Waals surface area (Å²) < 4.78 is 12.6. The van der Waals surface area contributed by atoms with Gasteiger partial charge in [0.15, 0.2) is 5.75 Å². The molecule has 3 heteroatoms.